The molecule has 0 amide bonds. The minimum absolute atomic E-state index is 0. The molecule has 2 atom stereocenters. The predicted molar refractivity (Wildman–Crippen MR) is 127 cm³/mol. The van der Waals surface area contributed by atoms with Gasteiger partial charge >= 0.3 is 0 Å². The van der Waals surface area contributed by atoms with Crippen LogP contribution in [0.15, 0.2) is 54.7 Å². The minimum atomic E-state index is 0. The Morgan fingerprint density at radius 1 is 1.06 bits per heavy atom. The van der Waals surface area contributed by atoms with Gasteiger partial charge in [0.05, 0.1) is 12.1 Å². The number of carbonyl (C=O) groups excluding carboxylic acids is 1. The average molecular weight is 437 g/mol. The van der Waals surface area contributed by atoms with Crippen molar-refractivity contribution in [1.29, 1.82) is 0 Å². The van der Waals surface area contributed by atoms with Crippen molar-refractivity contribution < 1.29 is 9.53 Å². The highest BCUT2D eigenvalue weighted by atomic mass is 35.5. The molecule has 4 nitrogen and oxygen atoms in total. The molecule has 2 unspecified atom stereocenters. The number of halogens is 1. The zero-order chi connectivity index (χ0) is 20.7. The number of aryl methyl sites for hydroxylation is 1. The van der Waals surface area contributed by atoms with Crippen molar-refractivity contribution in [2.75, 3.05) is 6.54 Å². The van der Waals surface area contributed by atoms with Crippen molar-refractivity contribution in [3.8, 4) is 16.9 Å². The number of fused-ring (bicyclic) bond motifs is 3. The van der Waals surface area contributed by atoms with Crippen molar-refractivity contribution in [3.63, 3.8) is 0 Å². The number of ether oxygens (including phenoxy) is 1. The second-order valence-corrected chi connectivity index (χ2v) is 8.81. The molecule has 2 aromatic carbocycles. The Morgan fingerprint density at radius 2 is 1.77 bits per heavy atom. The third-order valence-corrected chi connectivity index (χ3v) is 6.74. The van der Waals surface area contributed by atoms with Gasteiger partial charge in [-0.2, -0.15) is 0 Å². The molecule has 0 spiro atoms. The normalized spacial score (nSPS) is 22.8. The van der Waals surface area contributed by atoms with Gasteiger partial charge < -0.3 is 4.74 Å². The first-order valence-electron chi connectivity index (χ1n) is 10.9. The number of carbonyl (C=O) groups is 1. The Hall–Kier alpha value is -2.43. The Morgan fingerprint density at radius 3 is 2.45 bits per heavy atom. The summed E-state index contributed by atoms with van der Waals surface area (Å²) in [6.07, 6.45) is 6.49. The summed E-state index contributed by atoms with van der Waals surface area (Å²) in [4.78, 5) is 18.5. The Bertz CT molecular complexity index is 1070. The molecule has 5 heteroatoms. The molecule has 1 aromatic heterocycles. The average Bonchev–Trinajstić information content (AvgIpc) is 2.96. The lowest BCUT2D eigenvalue weighted by Crippen LogP contribution is -2.47. The van der Waals surface area contributed by atoms with Crippen LogP contribution in [-0.4, -0.2) is 40.4 Å². The van der Waals surface area contributed by atoms with E-state index in [0.717, 1.165) is 24.1 Å². The number of hydrogen-bond acceptors (Lipinski definition) is 4. The van der Waals surface area contributed by atoms with Crippen LogP contribution in [0.5, 0.6) is 5.75 Å². The van der Waals surface area contributed by atoms with Gasteiger partial charge in [-0.15, -0.1) is 12.4 Å². The maximum absolute atomic E-state index is 11.6. The van der Waals surface area contributed by atoms with Gasteiger partial charge in [-0.3, -0.25) is 14.7 Å². The van der Waals surface area contributed by atoms with E-state index < -0.39 is 0 Å². The lowest BCUT2D eigenvalue weighted by Gasteiger charge is -2.38. The number of benzene rings is 2. The summed E-state index contributed by atoms with van der Waals surface area (Å²) in [5.41, 5.74) is 4.66. The summed E-state index contributed by atoms with van der Waals surface area (Å²) < 4.78 is 6.36. The molecule has 2 aliphatic rings. The van der Waals surface area contributed by atoms with Gasteiger partial charge in [-0.1, -0.05) is 30.3 Å². The topological polar surface area (TPSA) is 42.4 Å². The fraction of sp³-hybridized carbons (Fsp3) is 0.385. The number of ketones is 1. The van der Waals surface area contributed by atoms with Crippen LogP contribution in [0.3, 0.4) is 0 Å². The van der Waals surface area contributed by atoms with E-state index in [1.165, 1.54) is 34.9 Å². The van der Waals surface area contributed by atoms with E-state index in [1.807, 2.05) is 12.3 Å². The van der Waals surface area contributed by atoms with Gasteiger partial charge in [0.1, 0.15) is 17.6 Å². The first-order valence-corrected chi connectivity index (χ1v) is 10.9. The molecule has 3 heterocycles. The molecule has 162 valence electrons. The maximum atomic E-state index is 11.6. The van der Waals surface area contributed by atoms with E-state index in [9.17, 15) is 4.79 Å². The van der Waals surface area contributed by atoms with Crippen LogP contribution in [0.25, 0.3) is 22.0 Å². The quantitative estimate of drug-likeness (QED) is 0.522. The smallest absolute Gasteiger partial charge is 0.143 e. The fourth-order valence-corrected chi connectivity index (χ4v) is 5.35. The summed E-state index contributed by atoms with van der Waals surface area (Å²) in [7, 11) is 0. The molecule has 2 fully saturated rings. The van der Waals surface area contributed by atoms with Gasteiger partial charge in [0.15, 0.2) is 0 Å². The molecule has 3 aromatic rings. The largest absolute Gasteiger partial charge is 0.490 e. The zero-order valence-corrected chi connectivity index (χ0v) is 18.9. The Labute approximate surface area is 190 Å². The first kappa shape index (κ1) is 21.8. The van der Waals surface area contributed by atoms with Crippen molar-refractivity contribution in [3.05, 3.63) is 60.3 Å². The van der Waals surface area contributed by atoms with E-state index >= 15 is 0 Å². The number of Topliss-reactive ketones (excluding diaryl/α,β-unsaturated/α-hetero) is 1. The highest BCUT2D eigenvalue weighted by Gasteiger charge is 2.41. The molecule has 31 heavy (non-hydrogen) atoms. The molecule has 0 saturated carbocycles. The van der Waals surface area contributed by atoms with Crippen molar-refractivity contribution in [1.82, 2.24) is 9.88 Å². The second kappa shape index (κ2) is 8.97. The SMILES string of the molecule is CC(=O)CN1C2CCC1CC(Oc1ccc(-c3ccc4cccnc4c3C)cc1)C2.Cl. The van der Waals surface area contributed by atoms with Crippen LogP contribution >= 0.6 is 12.4 Å². The van der Waals surface area contributed by atoms with E-state index in [-0.39, 0.29) is 24.3 Å². The zero-order valence-electron chi connectivity index (χ0n) is 18.1. The van der Waals surface area contributed by atoms with Crippen LogP contribution in [0, 0.1) is 6.92 Å². The van der Waals surface area contributed by atoms with E-state index in [0.29, 0.717) is 18.6 Å². The van der Waals surface area contributed by atoms with E-state index in [1.54, 1.807) is 6.92 Å². The lowest BCUT2D eigenvalue weighted by molar-refractivity contribution is -0.119. The van der Waals surface area contributed by atoms with E-state index in [4.69, 9.17) is 4.74 Å². The van der Waals surface area contributed by atoms with Crippen LogP contribution in [0.1, 0.15) is 38.2 Å². The minimum Gasteiger partial charge on any atom is -0.490 e. The summed E-state index contributed by atoms with van der Waals surface area (Å²) in [5, 5.41) is 1.17. The molecule has 2 saturated heterocycles. The van der Waals surface area contributed by atoms with Gasteiger partial charge in [0.2, 0.25) is 0 Å². The molecule has 5 rings (SSSR count). The number of pyridine rings is 1. The fourth-order valence-electron chi connectivity index (χ4n) is 5.35. The molecule has 0 radical (unpaired) electrons. The second-order valence-electron chi connectivity index (χ2n) is 8.81. The van der Waals surface area contributed by atoms with Crippen molar-refractivity contribution >= 4 is 29.1 Å². The maximum Gasteiger partial charge on any atom is 0.143 e. The molecule has 2 aliphatic heterocycles. The number of aromatic nitrogens is 1. The van der Waals surface area contributed by atoms with Gasteiger partial charge in [-0.05, 0) is 74.4 Å². The van der Waals surface area contributed by atoms with Crippen molar-refractivity contribution in [2.45, 2.75) is 57.7 Å². The summed E-state index contributed by atoms with van der Waals surface area (Å²) in [5.74, 6) is 1.20. The Balaban J connectivity index is 0.00000231. The number of nitrogens with zero attached hydrogens (tertiary/aromatic N) is 2. The number of rotatable bonds is 5. The van der Waals surface area contributed by atoms with Gasteiger partial charge in [0, 0.05) is 23.7 Å². The third-order valence-electron chi connectivity index (χ3n) is 6.74. The Kier molecular flexibility index (Phi) is 6.31. The number of piperidine rings is 1. The molecule has 0 N–H and O–H groups in total. The van der Waals surface area contributed by atoms with Crippen LogP contribution in [0.2, 0.25) is 0 Å². The first-order chi connectivity index (χ1) is 14.6. The monoisotopic (exact) mass is 436 g/mol. The molecule has 0 aliphatic carbocycles. The van der Waals surface area contributed by atoms with Gasteiger partial charge in [-0.25, -0.2) is 0 Å². The van der Waals surface area contributed by atoms with Crippen LogP contribution in [0.4, 0.5) is 0 Å². The van der Waals surface area contributed by atoms with Gasteiger partial charge in [0.25, 0.3) is 0 Å². The number of hydrogen-bond donors (Lipinski definition) is 0. The summed E-state index contributed by atoms with van der Waals surface area (Å²) in [6.45, 7) is 4.42. The summed E-state index contributed by atoms with van der Waals surface area (Å²) in [6, 6.07) is 17.8. The van der Waals surface area contributed by atoms with Crippen molar-refractivity contribution in [2.24, 2.45) is 0 Å². The molecular formula is C26H29ClN2O2. The predicted octanol–water partition coefficient (Wildman–Crippen LogP) is 5.60. The highest BCUT2D eigenvalue weighted by molar-refractivity contribution is 5.88. The standard InChI is InChI=1S/C26H28N2O2.ClH/c1-17(29)16-28-21-8-9-22(28)15-24(14-21)30-23-10-5-19(6-11-23)25-12-7-20-4-3-13-27-26(20)18(25)2;/h3-7,10-13,21-22,24H,8-9,14-16H2,1-2H3;1H. The highest BCUT2D eigenvalue weighted by Crippen LogP contribution is 2.37. The summed E-state index contributed by atoms with van der Waals surface area (Å²) >= 11 is 0. The van der Waals surface area contributed by atoms with E-state index in [2.05, 4.69) is 59.3 Å². The van der Waals surface area contributed by atoms with Crippen LogP contribution < -0.4 is 4.74 Å². The van der Waals surface area contributed by atoms with Crippen LogP contribution in [-0.2, 0) is 4.79 Å². The molecular weight excluding hydrogens is 408 g/mol. The lowest BCUT2D eigenvalue weighted by atomic mass is 9.97. The molecule has 2 bridgehead atoms. The third kappa shape index (κ3) is 4.32.